The lowest BCUT2D eigenvalue weighted by molar-refractivity contribution is -0.384. The van der Waals surface area contributed by atoms with Crippen molar-refractivity contribution in [2.75, 3.05) is 75.8 Å². The summed E-state index contributed by atoms with van der Waals surface area (Å²) in [7, 11) is -4.62. The number of carbonyl (C=O) groups excluding carboxylic acids is 1. The summed E-state index contributed by atoms with van der Waals surface area (Å²) < 4.78 is 62.1. The molecule has 8 rings (SSSR count). The van der Waals surface area contributed by atoms with Gasteiger partial charge in [-0.2, -0.15) is 0 Å². The molecule has 5 aromatic rings. The van der Waals surface area contributed by atoms with Crippen LogP contribution in [0.4, 0.5) is 25.8 Å². The maximum absolute atomic E-state index is 14.0. The number of ether oxygens (including phenoxy) is 1. The Morgan fingerprint density at radius 2 is 1.77 bits per heavy atom. The minimum absolute atomic E-state index is 0.0279. The fourth-order valence-electron chi connectivity index (χ4n) is 9.15. The number of aromatic amines is 1. The maximum Gasteiger partial charge on any atom is 0.293 e. The van der Waals surface area contributed by atoms with Crippen LogP contribution < -0.4 is 19.7 Å². The van der Waals surface area contributed by atoms with Crippen molar-refractivity contribution in [1.82, 2.24) is 24.5 Å². The van der Waals surface area contributed by atoms with Gasteiger partial charge in [-0.1, -0.05) is 43.2 Å². The first-order valence-electron chi connectivity index (χ1n) is 22.3. The summed E-state index contributed by atoms with van der Waals surface area (Å²) in [5.74, 6) is -0.438. The van der Waals surface area contributed by atoms with Gasteiger partial charge in [-0.3, -0.25) is 19.8 Å². The number of carbonyl (C=O) groups is 1. The molecule has 2 saturated heterocycles. The third kappa shape index (κ3) is 11.3. The van der Waals surface area contributed by atoms with Crippen molar-refractivity contribution < 1.29 is 31.7 Å². The average Bonchev–Trinajstić information content (AvgIpc) is 3.78. The van der Waals surface area contributed by atoms with Gasteiger partial charge in [0.1, 0.15) is 35.7 Å². The average molecular weight is 946 g/mol. The van der Waals surface area contributed by atoms with Crippen LogP contribution in [0.3, 0.4) is 0 Å². The highest BCUT2D eigenvalue weighted by Gasteiger charge is 2.31. The van der Waals surface area contributed by atoms with E-state index in [1.165, 1.54) is 41.1 Å². The molecule has 0 radical (unpaired) electrons. The molecule has 0 spiro atoms. The van der Waals surface area contributed by atoms with E-state index in [2.05, 4.69) is 55.8 Å². The number of fused-ring (bicyclic) bond motifs is 1. The van der Waals surface area contributed by atoms with Crippen molar-refractivity contribution in [1.29, 1.82) is 0 Å². The second-order valence-electron chi connectivity index (χ2n) is 18.3. The molecule has 3 aliphatic rings. The molecule has 1 unspecified atom stereocenters. The van der Waals surface area contributed by atoms with E-state index in [9.17, 15) is 32.1 Å². The molecule has 3 N–H and O–H groups in total. The van der Waals surface area contributed by atoms with E-state index in [4.69, 9.17) is 16.3 Å². The van der Waals surface area contributed by atoms with Gasteiger partial charge in [0.25, 0.3) is 21.6 Å². The number of nitro groups is 1. The monoisotopic (exact) mass is 944 g/mol. The number of alkyl halides is 2. The van der Waals surface area contributed by atoms with Crippen LogP contribution in [-0.4, -0.2) is 111 Å². The van der Waals surface area contributed by atoms with Gasteiger partial charge < -0.3 is 24.8 Å². The standard InChI is InChI=1S/C48H55ClF2N8O6S/c1-48(2)15-11-35(42(26-48)33-3-5-36(49)6-4-33)30-57-19-21-58(22-20-57)38-7-9-41(45(24-38)65-39-23-34-12-16-52-46(34)54-29-39)47(60)55-66(63,64)40-8-10-43(44(25-40)59(61)62)53-28-32-13-17-56(18-14-32)31-37(51)27-50/h3-10,12,16,23-25,29,32,37,53H,11,13-15,17-22,26-28,30-31H2,1-2H3,(H,52,54)(H,55,60). The minimum Gasteiger partial charge on any atom is -0.455 e. The van der Waals surface area contributed by atoms with E-state index in [1.807, 2.05) is 23.1 Å². The molecular weight excluding hydrogens is 890 g/mol. The molecule has 2 fully saturated rings. The first-order chi connectivity index (χ1) is 31.6. The van der Waals surface area contributed by atoms with Crippen LogP contribution in [-0.2, 0) is 10.0 Å². The Hall–Kier alpha value is -5.62. The number of aromatic nitrogens is 2. The highest BCUT2D eigenvalue weighted by Crippen LogP contribution is 2.43. The molecule has 2 aromatic heterocycles. The van der Waals surface area contributed by atoms with E-state index >= 15 is 0 Å². The lowest BCUT2D eigenvalue weighted by atomic mass is 9.72. The van der Waals surface area contributed by atoms with Crippen LogP contribution in [0.2, 0.25) is 5.02 Å². The van der Waals surface area contributed by atoms with E-state index in [0.29, 0.717) is 57.0 Å². The predicted octanol–water partition coefficient (Wildman–Crippen LogP) is 9.25. The number of piperidine rings is 1. The highest BCUT2D eigenvalue weighted by atomic mass is 35.5. The number of sulfonamides is 1. The molecule has 1 amide bonds. The molecule has 1 aliphatic carbocycles. The Kier molecular flexibility index (Phi) is 14.3. The number of amides is 1. The van der Waals surface area contributed by atoms with Crippen molar-refractivity contribution in [2.24, 2.45) is 11.3 Å². The highest BCUT2D eigenvalue weighted by molar-refractivity contribution is 7.90. The van der Waals surface area contributed by atoms with Crippen LogP contribution in [0, 0.1) is 21.4 Å². The molecule has 18 heteroatoms. The lowest BCUT2D eigenvalue weighted by Crippen LogP contribution is -2.47. The zero-order chi connectivity index (χ0) is 46.6. The Balaban J connectivity index is 0.969. The van der Waals surface area contributed by atoms with Gasteiger partial charge in [-0.05, 0) is 116 Å². The van der Waals surface area contributed by atoms with Crippen LogP contribution in [0.5, 0.6) is 11.5 Å². The zero-order valence-corrected chi connectivity index (χ0v) is 38.6. The summed E-state index contributed by atoms with van der Waals surface area (Å²) in [5, 5.41) is 16.8. The fraction of sp³-hybridized carbons (Fsp3) is 0.417. The molecule has 66 heavy (non-hydrogen) atoms. The summed E-state index contributed by atoms with van der Waals surface area (Å²) >= 11 is 6.24. The van der Waals surface area contributed by atoms with Gasteiger partial charge in [-0.25, -0.2) is 26.9 Å². The molecule has 4 heterocycles. The molecular formula is C48H55ClF2N8O6S. The Bertz CT molecular complexity index is 2700. The van der Waals surface area contributed by atoms with Gasteiger partial charge >= 0.3 is 0 Å². The molecule has 350 valence electrons. The Morgan fingerprint density at radius 1 is 1.02 bits per heavy atom. The van der Waals surface area contributed by atoms with E-state index in [1.54, 1.807) is 24.4 Å². The molecule has 0 saturated carbocycles. The Labute approximate surface area is 388 Å². The molecule has 2 aliphatic heterocycles. The van der Waals surface area contributed by atoms with Crippen LogP contribution in [0.15, 0.2) is 95.7 Å². The number of hydrogen-bond donors (Lipinski definition) is 3. The number of nitrogens with zero attached hydrogens (tertiary/aromatic N) is 5. The number of hydrogen-bond acceptors (Lipinski definition) is 11. The summed E-state index contributed by atoms with van der Waals surface area (Å²) in [6.07, 6.45) is 6.25. The van der Waals surface area contributed by atoms with Gasteiger partial charge in [-0.15, -0.1) is 0 Å². The Morgan fingerprint density at radius 3 is 2.50 bits per heavy atom. The predicted molar refractivity (Wildman–Crippen MR) is 254 cm³/mol. The van der Waals surface area contributed by atoms with Gasteiger partial charge in [0.2, 0.25) is 0 Å². The summed E-state index contributed by atoms with van der Waals surface area (Å²) in [6.45, 7) is 9.04. The number of anilines is 2. The number of piperazine rings is 1. The number of nitro benzene ring substituents is 1. The number of allylic oxidation sites excluding steroid dienone is 1. The fourth-order valence-corrected chi connectivity index (χ4v) is 10.3. The normalized spacial score (nSPS) is 18.0. The van der Waals surface area contributed by atoms with Crippen LogP contribution in [0.1, 0.15) is 61.9 Å². The molecule has 14 nitrogen and oxygen atoms in total. The molecule has 3 aromatic carbocycles. The third-order valence-electron chi connectivity index (χ3n) is 13.0. The SMILES string of the molecule is CC1(C)CCC(CN2CCN(c3ccc(C(=O)NS(=O)(=O)c4ccc(NCC5CCN(CC(F)CF)CC5)c([N+](=O)[O-])c4)c(Oc4cnc5[nH]ccc5c4)c3)CC2)=C(c2ccc(Cl)cc2)C1. The van der Waals surface area contributed by atoms with E-state index in [0.717, 1.165) is 61.1 Å². The van der Waals surface area contributed by atoms with Crippen LogP contribution in [0.25, 0.3) is 16.6 Å². The number of halogens is 3. The number of benzene rings is 3. The lowest BCUT2D eigenvalue weighted by Gasteiger charge is -2.39. The van der Waals surface area contributed by atoms with E-state index in [-0.39, 0.29) is 34.9 Å². The number of H-pyrrole nitrogens is 1. The third-order valence-corrected chi connectivity index (χ3v) is 14.5. The second-order valence-corrected chi connectivity index (χ2v) is 20.4. The van der Waals surface area contributed by atoms with Crippen molar-refractivity contribution >= 4 is 61.2 Å². The summed E-state index contributed by atoms with van der Waals surface area (Å²) in [4.78, 5) is 39.0. The number of pyridine rings is 1. The number of likely N-dealkylation sites (tertiary alicyclic amines) is 1. The van der Waals surface area contributed by atoms with E-state index < -0.39 is 44.3 Å². The van der Waals surface area contributed by atoms with Gasteiger partial charge in [0.05, 0.1) is 21.6 Å². The van der Waals surface area contributed by atoms with Crippen molar-refractivity contribution in [2.45, 2.75) is 57.0 Å². The number of nitrogens with one attached hydrogen (secondary N) is 3. The maximum atomic E-state index is 14.0. The smallest absolute Gasteiger partial charge is 0.293 e. The largest absolute Gasteiger partial charge is 0.455 e. The summed E-state index contributed by atoms with van der Waals surface area (Å²) in [5.41, 5.74) is 5.28. The van der Waals surface area contributed by atoms with Crippen molar-refractivity contribution in [3.63, 3.8) is 0 Å². The number of rotatable bonds is 16. The minimum atomic E-state index is -4.62. The summed E-state index contributed by atoms with van der Waals surface area (Å²) in [6, 6.07) is 20.2. The second kappa shape index (κ2) is 20.1. The van der Waals surface area contributed by atoms with Crippen LogP contribution >= 0.6 is 11.6 Å². The van der Waals surface area contributed by atoms with Gasteiger partial charge in [0.15, 0.2) is 0 Å². The molecule has 0 bridgehead atoms. The first-order valence-corrected chi connectivity index (χ1v) is 24.2. The quantitative estimate of drug-likeness (QED) is 0.0638. The van der Waals surface area contributed by atoms with Gasteiger partial charge in [0, 0.05) is 80.2 Å². The van der Waals surface area contributed by atoms with Crippen molar-refractivity contribution in [3.8, 4) is 11.5 Å². The zero-order valence-electron chi connectivity index (χ0n) is 37.1. The topological polar surface area (TPSA) is 166 Å². The van der Waals surface area contributed by atoms with Crippen molar-refractivity contribution in [3.05, 3.63) is 117 Å². The molecule has 1 atom stereocenters. The first kappa shape index (κ1) is 46.9.